The third-order valence-electron chi connectivity index (χ3n) is 5.04. The highest BCUT2D eigenvalue weighted by Crippen LogP contribution is 2.37. The van der Waals surface area contributed by atoms with Crippen molar-refractivity contribution in [1.82, 2.24) is 0 Å². The second-order valence-electron chi connectivity index (χ2n) is 7.45. The minimum atomic E-state index is -4.56. The van der Waals surface area contributed by atoms with Crippen molar-refractivity contribution in [2.45, 2.75) is 6.18 Å². The van der Waals surface area contributed by atoms with Crippen molar-refractivity contribution in [3.05, 3.63) is 98.6 Å². The third-order valence-corrected chi connectivity index (χ3v) is 6.20. The van der Waals surface area contributed by atoms with E-state index in [-0.39, 0.29) is 38.4 Å². The smallest absolute Gasteiger partial charge is 0.350 e. The van der Waals surface area contributed by atoms with Crippen LogP contribution in [0.4, 0.5) is 30.2 Å². The molecular weight excluding hydrogens is 542 g/mol. The number of amides is 3. The zero-order valence-corrected chi connectivity index (χ0v) is 20.1. The molecule has 0 saturated carbocycles. The van der Waals surface area contributed by atoms with Crippen LogP contribution in [-0.4, -0.2) is 17.7 Å². The quantitative estimate of drug-likeness (QED) is 0.344. The lowest BCUT2D eigenvalue weighted by molar-refractivity contribution is -0.137. The predicted octanol–water partition coefficient (Wildman–Crippen LogP) is 6.70. The van der Waals surface area contributed by atoms with Gasteiger partial charge in [-0.1, -0.05) is 53.0 Å². The van der Waals surface area contributed by atoms with Crippen LogP contribution < -0.4 is 15.5 Å². The molecular formula is C24H13Cl3F3N3O3. The Hall–Kier alpha value is -3.53. The second kappa shape index (κ2) is 9.85. The summed E-state index contributed by atoms with van der Waals surface area (Å²) < 4.78 is 38.8. The number of rotatable bonds is 5. The van der Waals surface area contributed by atoms with Crippen molar-refractivity contribution in [2.75, 3.05) is 15.5 Å². The second-order valence-corrected chi connectivity index (χ2v) is 8.61. The minimum absolute atomic E-state index is 0.0140. The standard InChI is InChI=1S/C24H13Cl3F3N3O3/c25-16-8-3-9-17(18(16)26)33-22(35)19(27)20(23(33)36)31-14-6-1-4-12(10-14)21(34)32-15-7-2-5-13(11-15)24(28,29)30/h1-11,31H,(H,32,34). The van der Waals surface area contributed by atoms with Crippen LogP contribution in [0.2, 0.25) is 10.0 Å². The van der Waals surface area contributed by atoms with Gasteiger partial charge in [0.25, 0.3) is 17.7 Å². The molecule has 1 aliphatic rings. The van der Waals surface area contributed by atoms with Crippen LogP contribution in [-0.2, 0) is 15.8 Å². The van der Waals surface area contributed by atoms with E-state index >= 15 is 0 Å². The molecule has 184 valence electrons. The molecule has 0 atom stereocenters. The Morgan fingerprint density at radius 3 is 2.22 bits per heavy atom. The molecule has 0 radical (unpaired) electrons. The molecule has 3 amide bonds. The van der Waals surface area contributed by atoms with Gasteiger partial charge in [-0.25, -0.2) is 4.90 Å². The summed E-state index contributed by atoms with van der Waals surface area (Å²) >= 11 is 18.3. The molecule has 0 spiro atoms. The van der Waals surface area contributed by atoms with E-state index in [0.717, 1.165) is 17.0 Å². The Morgan fingerprint density at radius 2 is 1.50 bits per heavy atom. The van der Waals surface area contributed by atoms with Crippen molar-refractivity contribution in [1.29, 1.82) is 0 Å². The largest absolute Gasteiger partial charge is 0.416 e. The van der Waals surface area contributed by atoms with Gasteiger partial charge >= 0.3 is 6.18 Å². The van der Waals surface area contributed by atoms with Crippen molar-refractivity contribution in [3.8, 4) is 0 Å². The maximum atomic E-state index is 13.0. The zero-order valence-electron chi connectivity index (χ0n) is 17.8. The average molecular weight is 555 g/mol. The number of nitrogens with zero attached hydrogens (tertiary/aromatic N) is 1. The van der Waals surface area contributed by atoms with Gasteiger partial charge in [-0.2, -0.15) is 13.2 Å². The number of imide groups is 1. The normalized spacial score (nSPS) is 13.9. The number of carbonyl (C=O) groups excluding carboxylic acids is 3. The number of hydrogen-bond donors (Lipinski definition) is 2. The summed E-state index contributed by atoms with van der Waals surface area (Å²) in [5.74, 6) is -2.32. The van der Waals surface area contributed by atoms with E-state index in [1.165, 1.54) is 54.6 Å². The van der Waals surface area contributed by atoms with Crippen molar-refractivity contribution in [3.63, 3.8) is 0 Å². The monoisotopic (exact) mass is 553 g/mol. The van der Waals surface area contributed by atoms with E-state index in [4.69, 9.17) is 34.8 Å². The maximum absolute atomic E-state index is 13.0. The zero-order chi connectivity index (χ0) is 26.2. The highest BCUT2D eigenvalue weighted by atomic mass is 35.5. The molecule has 1 aliphatic heterocycles. The first-order valence-electron chi connectivity index (χ1n) is 10.1. The summed E-state index contributed by atoms with van der Waals surface area (Å²) in [4.78, 5) is 39.1. The Kier molecular flexibility index (Phi) is 6.99. The number of anilines is 3. The molecule has 4 rings (SSSR count). The van der Waals surface area contributed by atoms with Gasteiger partial charge < -0.3 is 10.6 Å². The van der Waals surface area contributed by atoms with E-state index in [1.807, 2.05) is 0 Å². The van der Waals surface area contributed by atoms with Gasteiger partial charge in [-0.05, 0) is 48.5 Å². The third kappa shape index (κ3) is 5.04. The number of alkyl halides is 3. The molecule has 2 N–H and O–H groups in total. The summed E-state index contributed by atoms with van der Waals surface area (Å²) in [6, 6.07) is 14.4. The Morgan fingerprint density at radius 1 is 0.833 bits per heavy atom. The van der Waals surface area contributed by atoms with E-state index in [0.29, 0.717) is 0 Å². The van der Waals surface area contributed by atoms with E-state index in [2.05, 4.69) is 10.6 Å². The molecule has 36 heavy (non-hydrogen) atoms. The summed E-state index contributed by atoms with van der Waals surface area (Å²) in [6.07, 6.45) is -4.56. The van der Waals surface area contributed by atoms with Gasteiger partial charge in [-0.15, -0.1) is 0 Å². The Balaban J connectivity index is 1.55. The number of nitrogens with one attached hydrogen (secondary N) is 2. The van der Waals surface area contributed by atoms with Gasteiger partial charge in [-0.3, -0.25) is 14.4 Å². The first-order valence-corrected chi connectivity index (χ1v) is 11.2. The summed E-state index contributed by atoms with van der Waals surface area (Å²) in [7, 11) is 0. The lowest BCUT2D eigenvalue weighted by Crippen LogP contribution is -2.32. The fourth-order valence-electron chi connectivity index (χ4n) is 3.35. The molecule has 12 heteroatoms. The number of benzene rings is 3. The van der Waals surface area contributed by atoms with Crippen LogP contribution >= 0.6 is 34.8 Å². The number of carbonyl (C=O) groups is 3. The molecule has 0 saturated heterocycles. The van der Waals surface area contributed by atoms with Gasteiger partial charge in [0.1, 0.15) is 10.7 Å². The molecule has 3 aromatic rings. The molecule has 0 unspecified atom stereocenters. The topological polar surface area (TPSA) is 78.5 Å². The Bertz CT molecular complexity index is 1440. The van der Waals surface area contributed by atoms with Gasteiger partial charge in [0.2, 0.25) is 0 Å². The van der Waals surface area contributed by atoms with Gasteiger partial charge in [0.05, 0.1) is 21.3 Å². The summed E-state index contributed by atoms with van der Waals surface area (Å²) in [5.41, 5.74) is -0.882. The minimum Gasteiger partial charge on any atom is -0.350 e. The lowest BCUT2D eigenvalue weighted by Gasteiger charge is -2.17. The van der Waals surface area contributed by atoms with Gasteiger partial charge in [0.15, 0.2) is 0 Å². The summed E-state index contributed by atoms with van der Waals surface area (Å²) in [5, 5.41) is 4.83. The van der Waals surface area contributed by atoms with E-state index < -0.39 is 34.5 Å². The molecule has 1 heterocycles. The first-order chi connectivity index (χ1) is 17.0. The van der Waals surface area contributed by atoms with Crippen LogP contribution in [0.3, 0.4) is 0 Å². The summed E-state index contributed by atoms with van der Waals surface area (Å²) in [6.45, 7) is 0. The van der Waals surface area contributed by atoms with Crippen LogP contribution in [0.5, 0.6) is 0 Å². The van der Waals surface area contributed by atoms with Crippen molar-refractivity contribution < 1.29 is 27.6 Å². The molecule has 0 aliphatic carbocycles. The van der Waals surface area contributed by atoms with Crippen LogP contribution in [0.15, 0.2) is 77.5 Å². The molecule has 0 aromatic heterocycles. The Labute approximate surface area is 217 Å². The number of hydrogen-bond acceptors (Lipinski definition) is 4. The van der Waals surface area contributed by atoms with Crippen molar-refractivity contribution >= 4 is 69.6 Å². The highest BCUT2D eigenvalue weighted by molar-refractivity contribution is 6.54. The van der Waals surface area contributed by atoms with Crippen LogP contribution in [0, 0.1) is 0 Å². The highest BCUT2D eigenvalue weighted by Gasteiger charge is 2.40. The predicted molar refractivity (Wildman–Crippen MR) is 131 cm³/mol. The average Bonchev–Trinajstić information content (AvgIpc) is 3.04. The molecule has 3 aromatic carbocycles. The van der Waals surface area contributed by atoms with Gasteiger partial charge in [0, 0.05) is 16.9 Å². The lowest BCUT2D eigenvalue weighted by atomic mass is 10.1. The fourth-order valence-corrected chi connectivity index (χ4v) is 3.95. The molecule has 0 fully saturated rings. The van der Waals surface area contributed by atoms with Crippen LogP contribution in [0.1, 0.15) is 15.9 Å². The molecule has 0 bridgehead atoms. The van der Waals surface area contributed by atoms with E-state index in [9.17, 15) is 27.6 Å². The van der Waals surface area contributed by atoms with E-state index in [1.54, 1.807) is 0 Å². The SMILES string of the molecule is O=C(Nc1cccc(C(F)(F)F)c1)c1cccc(NC2=C(Cl)C(=O)N(c3cccc(Cl)c3Cl)C2=O)c1. The van der Waals surface area contributed by atoms with Crippen molar-refractivity contribution in [2.24, 2.45) is 0 Å². The maximum Gasteiger partial charge on any atom is 0.416 e. The number of halogens is 6. The first kappa shape index (κ1) is 25.6. The molecule has 6 nitrogen and oxygen atoms in total. The fraction of sp³-hybridized carbons (Fsp3) is 0.0417. The van der Waals surface area contributed by atoms with Crippen LogP contribution in [0.25, 0.3) is 0 Å².